The molecule has 0 saturated carbocycles. The molecule has 124 valence electrons. The lowest BCUT2D eigenvalue weighted by molar-refractivity contribution is 0.175. The number of benzene rings is 1. The molecule has 0 unspecified atom stereocenters. The normalized spacial score (nSPS) is 10.5. The lowest BCUT2D eigenvalue weighted by Gasteiger charge is -2.22. The Morgan fingerprint density at radius 2 is 2.05 bits per heavy atom. The molecule has 5 heteroatoms. The fourth-order valence-electron chi connectivity index (χ4n) is 2.27. The van der Waals surface area contributed by atoms with E-state index in [1.165, 1.54) is 6.07 Å². The van der Waals surface area contributed by atoms with E-state index in [-0.39, 0.29) is 18.5 Å². The van der Waals surface area contributed by atoms with E-state index in [2.05, 4.69) is 12.2 Å². The van der Waals surface area contributed by atoms with E-state index in [1.54, 1.807) is 24.0 Å². The Kier molecular flexibility index (Phi) is 8.51. The van der Waals surface area contributed by atoms with E-state index in [0.29, 0.717) is 25.2 Å². The number of carbonyl (C=O) groups is 1. The summed E-state index contributed by atoms with van der Waals surface area (Å²) in [6.45, 7) is 5.14. The second-order valence-electron chi connectivity index (χ2n) is 5.51. The van der Waals surface area contributed by atoms with Crippen LogP contribution < -0.4 is 5.32 Å². The molecule has 0 aliphatic carbocycles. The number of nitrogens with one attached hydrogen (secondary N) is 1. The SMILES string of the molecule is CCCCCCN(CCO)C(=O)NCc1ccc(F)c(C)c1. The Balaban J connectivity index is 2.46. The number of rotatable bonds is 9. The van der Waals surface area contributed by atoms with Crippen LogP contribution in [0.5, 0.6) is 0 Å². The second-order valence-corrected chi connectivity index (χ2v) is 5.51. The highest BCUT2D eigenvalue weighted by Gasteiger charge is 2.12. The van der Waals surface area contributed by atoms with Crippen LogP contribution in [-0.2, 0) is 6.54 Å². The maximum absolute atomic E-state index is 13.2. The van der Waals surface area contributed by atoms with E-state index in [1.807, 2.05) is 0 Å². The van der Waals surface area contributed by atoms with E-state index in [4.69, 9.17) is 5.11 Å². The quantitative estimate of drug-likeness (QED) is 0.688. The molecule has 0 aliphatic rings. The third kappa shape index (κ3) is 6.43. The summed E-state index contributed by atoms with van der Waals surface area (Å²) < 4.78 is 13.2. The Labute approximate surface area is 132 Å². The van der Waals surface area contributed by atoms with Crippen LogP contribution in [0.4, 0.5) is 9.18 Å². The van der Waals surface area contributed by atoms with Gasteiger partial charge in [-0.05, 0) is 30.5 Å². The van der Waals surface area contributed by atoms with Gasteiger partial charge in [0.25, 0.3) is 0 Å². The standard InChI is InChI=1S/C17H27FN2O2/c1-3-4-5-6-9-20(10-11-21)17(22)19-13-15-7-8-16(18)14(2)12-15/h7-8,12,21H,3-6,9-11,13H2,1-2H3,(H,19,22). The van der Waals surface area contributed by atoms with Crippen LogP contribution in [0.1, 0.15) is 43.7 Å². The van der Waals surface area contributed by atoms with E-state index in [0.717, 1.165) is 31.2 Å². The molecule has 1 aromatic carbocycles. The van der Waals surface area contributed by atoms with Crippen molar-refractivity contribution >= 4 is 6.03 Å². The molecule has 0 aromatic heterocycles. The Bertz CT molecular complexity index is 466. The predicted molar refractivity (Wildman–Crippen MR) is 86.2 cm³/mol. The number of unbranched alkanes of at least 4 members (excludes halogenated alkanes) is 3. The summed E-state index contributed by atoms with van der Waals surface area (Å²) in [6.07, 6.45) is 4.33. The average molecular weight is 310 g/mol. The molecule has 0 spiro atoms. The Morgan fingerprint density at radius 1 is 1.27 bits per heavy atom. The predicted octanol–water partition coefficient (Wildman–Crippen LogP) is 3.22. The Hall–Kier alpha value is -1.62. The van der Waals surface area contributed by atoms with Gasteiger partial charge in [0.15, 0.2) is 0 Å². The van der Waals surface area contributed by atoms with Crippen molar-refractivity contribution in [2.75, 3.05) is 19.7 Å². The van der Waals surface area contributed by atoms with Crippen LogP contribution >= 0.6 is 0 Å². The third-order valence-corrected chi connectivity index (χ3v) is 3.60. The minimum atomic E-state index is -0.243. The van der Waals surface area contributed by atoms with Crippen molar-refractivity contribution in [1.82, 2.24) is 10.2 Å². The van der Waals surface area contributed by atoms with Crippen LogP contribution in [0, 0.1) is 12.7 Å². The molecule has 2 N–H and O–H groups in total. The zero-order chi connectivity index (χ0) is 16.4. The molecule has 0 aliphatic heterocycles. The second kappa shape index (κ2) is 10.2. The maximum Gasteiger partial charge on any atom is 0.317 e. The zero-order valence-electron chi connectivity index (χ0n) is 13.6. The van der Waals surface area contributed by atoms with Gasteiger partial charge in [-0.25, -0.2) is 9.18 Å². The summed E-state index contributed by atoms with van der Waals surface area (Å²) in [4.78, 5) is 13.8. The van der Waals surface area contributed by atoms with Gasteiger partial charge in [-0.1, -0.05) is 38.3 Å². The van der Waals surface area contributed by atoms with E-state index >= 15 is 0 Å². The molecular weight excluding hydrogens is 283 g/mol. The number of hydrogen-bond acceptors (Lipinski definition) is 2. The number of nitrogens with zero attached hydrogens (tertiary/aromatic N) is 1. The topological polar surface area (TPSA) is 52.6 Å². The molecule has 4 nitrogen and oxygen atoms in total. The molecule has 1 aromatic rings. The number of urea groups is 1. The van der Waals surface area contributed by atoms with Gasteiger partial charge in [-0.15, -0.1) is 0 Å². The molecule has 22 heavy (non-hydrogen) atoms. The molecule has 0 bridgehead atoms. The van der Waals surface area contributed by atoms with Gasteiger partial charge in [-0.3, -0.25) is 0 Å². The van der Waals surface area contributed by atoms with Crippen LogP contribution in [0.15, 0.2) is 18.2 Å². The number of halogens is 1. The highest BCUT2D eigenvalue weighted by Crippen LogP contribution is 2.09. The van der Waals surface area contributed by atoms with Gasteiger partial charge in [0.05, 0.1) is 6.61 Å². The van der Waals surface area contributed by atoms with Gasteiger partial charge < -0.3 is 15.3 Å². The fraction of sp³-hybridized carbons (Fsp3) is 0.588. The van der Waals surface area contributed by atoms with Crippen molar-refractivity contribution in [1.29, 1.82) is 0 Å². The summed E-state index contributed by atoms with van der Waals surface area (Å²) in [5.41, 5.74) is 1.43. The van der Waals surface area contributed by atoms with Gasteiger partial charge >= 0.3 is 6.03 Å². The largest absolute Gasteiger partial charge is 0.395 e. The molecule has 2 amide bonds. The van der Waals surface area contributed by atoms with Crippen molar-refractivity contribution in [3.8, 4) is 0 Å². The van der Waals surface area contributed by atoms with Crippen LogP contribution in [0.3, 0.4) is 0 Å². The first-order valence-electron chi connectivity index (χ1n) is 7.97. The number of amides is 2. The van der Waals surface area contributed by atoms with Crippen molar-refractivity contribution < 1.29 is 14.3 Å². The van der Waals surface area contributed by atoms with Gasteiger partial charge in [0.1, 0.15) is 5.82 Å². The van der Waals surface area contributed by atoms with Gasteiger partial charge in [-0.2, -0.15) is 0 Å². The van der Waals surface area contributed by atoms with Crippen molar-refractivity contribution in [2.24, 2.45) is 0 Å². The Morgan fingerprint density at radius 3 is 2.68 bits per heavy atom. The maximum atomic E-state index is 13.2. The van der Waals surface area contributed by atoms with Crippen LogP contribution in [0.25, 0.3) is 0 Å². The minimum absolute atomic E-state index is 0.0448. The summed E-state index contributed by atoms with van der Waals surface area (Å²) in [7, 11) is 0. The summed E-state index contributed by atoms with van der Waals surface area (Å²) in [6, 6.07) is 4.62. The molecular formula is C17H27FN2O2. The van der Waals surface area contributed by atoms with Crippen molar-refractivity contribution in [3.05, 3.63) is 35.1 Å². The number of aryl methyl sites for hydroxylation is 1. The molecule has 0 atom stereocenters. The molecule has 0 radical (unpaired) electrons. The number of carbonyl (C=O) groups excluding carboxylic acids is 1. The first-order valence-corrected chi connectivity index (χ1v) is 7.97. The first kappa shape index (κ1) is 18.4. The van der Waals surface area contributed by atoms with Crippen LogP contribution in [-0.4, -0.2) is 35.7 Å². The van der Waals surface area contributed by atoms with Crippen molar-refractivity contribution in [3.63, 3.8) is 0 Å². The van der Waals surface area contributed by atoms with Gasteiger partial charge in [0, 0.05) is 19.6 Å². The molecule has 0 heterocycles. The highest BCUT2D eigenvalue weighted by molar-refractivity contribution is 5.74. The lowest BCUT2D eigenvalue weighted by atomic mass is 10.1. The van der Waals surface area contributed by atoms with E-state index < -0.39 is 0 Å². The minimum Gasteiger partial charge on any atom is -0.395 e. The summed E-state index contributed by atoms with van der Waals surface area (Å²) in [5, 5.41) is 11.9. The zero-order valence-corrected chi connectivity index (χ0v) is 13.6. The van der Waals surface area contributed by atoms with Crippen LogP contribution in [0.2, 0.25) is 0 Å². The highest BCUT2D eigenvalue weighted by atomic mass is 19.1. The number of aliphatic hydroxyl groups excluding tert-OH is 1. The monoisotopic (exact) mass is 310 g/mol. The van der Waals surface area contributed by atoms with Crippen molar-refractivity contribution in [2.45, 2.75) is 46.1 Å². The molecule has 1 rings (SSSR count). The number of aliphatic hydroxyl groups is 1. The summed E-state index contributed by atoms with van der Waals surface area (Å²) >= 11 is 0. The molecule has 0 fully saturated rings. The van der Waals surface area contributed by atoms with E-state index in [9.17, 15) is 9.18 Å². The first-order chi connectivity index (χ1) is 10.6. The molecule has 0 saturated heterocycles. The van der Waals surface area contributed by atoms with Gasteiger partial charge in [0.2, 0.25) is 0 Å². The fourth-order valence-corrected chi connectivity index (χ4v) is 2.27. The summed E-state index contributed by atoms with van der Waals surface area (Å²) in [5.74, 6) is -0.243. The smallest absolute Gasteiger partial charge is 0.317 e. The third-order valence-electron chi connectivity index (χ3n) is 3.60. The average Bonchev–Trinajstić information content (AvgIpc) is 2.51. The number of hydrogen-bond donors (Lipinski definition) is 2. The lowest BCUT2D eigenvalue weighted by Crippen LogP contribution is -2.41.